The van der Waals surface area contributed by atoms with Gasteiger partial charge in [-0.05, 0) is 68.1 Å². The minimum Gasteiger partial charge on any atom is -0.454 e. The maximum atomic E-state index is 14.0. The number of halogens is 1. The van der Waals surface area contributed by atoms with Crippen LogP contribution in [0.3, 0.4) is 0 Å². The van der Waals surface area contributed by atoms with Crippen LogP contribution in [0.1, 0.15) is 23.6 Å². The first-order valence-electron chi connectivity index (χ1n) is 6.75. The first-order chi connectivity index (χ1) is 9.45. The van der Waals surface area contributed by atoms with Gasteiger partial charge in [-0.15, -0.1) is 0 Å². The molecule has 0 aliphatic rings. The van der Waals surface area contributed by atoms with Crippen molar-refractivity contribution in [3.63, 3.8) is 0 Å². The van der Waals surface area contributed by atoms with Gasteiger partial charge in [-0.2, -0.15) is 0 Å². The van der Waals surface area contributed by atoms with Gasteiger partial charge < -0.3 is 10.5 Å². The van der Waals surface area contributed by atoms with Crippen LogP contribution in [0, 0.1) is 19.7 Å². The summed E-state index contributed by atoms with van der Waals surface area (Å²) in [6, 6.07) is 10.7. The molecule has 2 N–H and O–H groups in total. The Hall–Kier alpha value is -1.87. The van der Waals surface area contributed by atoms with Crippen molar-refractivity contribution in [2.24, 2.45) is 5.73 Å². The summed E-state index contributed by atoms with van der Waals surface area (Å²) in [4.78, 5) is 0. The summed E-state index contributed by atoms with van der Waals surface area (Å²) in [6.45, 7) is 5.93. The molecule has 1 atom stereocenters. The van der Waals surface area contributed by atoms with Crippen molar-refractivity contribution >= 4 is 0 Å². The van der Waals surface area contributed by atoms with E-state index < -0.39 is 0 Å². The molecule has 0 amide bonds. The predicted octanol–water partition coefficient (Wildman–Crippen LogP) is 4.12. The molecule has 0 heterocycles. The Bertz CT molecular complexity index is 608. The molecule has 2 rings (SSSR count). The maximum Gasteiger partial charge on any atom is 0.165 e. The van der Waals surface area contributed by atoms with Crippen LogP contribution in [0.5, 0.6) is 11.5 Å². The van der Waals surface area contributed by atoms with E-state index in [2.05, 4.69) is 0 Å². The fraction of sp³-hybridized carbons (Fsp3) is 0.294. The summed E-state index contributed by atoms with van der Waals surface area (Å²) < 4.78 is 19.6. The van der Waals surface area contributed by atoms with Gasteiger partial charge in [-0.25, -0.2) is 4.39 Å². The Morgan fingerprint density at radius 1 is 1.10 bits per heavy atom. The zero-order valence-electron chi connectivity index (χ0n) is 12.1. The molecule has 106 valence electrons. The van der Waals surface area contributed by atoms with Crippen molar-refractivity contribution in [2.75, 3.05) is 0 Å². The maximum absolute atomic E-state index is 14.0. The van der Waals surface area contributed by atoms with Crippen molar-refractivity contribution in [1.82, 2.24) is 0 Å². The van der Waals surface area contributed by atoms with Gasteiger partial charge in [0.2, 0.25) is 0 Å². The molecule has 0 spiro atoms. The molecule has 2 aromatic carbocycles. The molecule has 20 heavy (non-hydrogen) atoms. The molecule has 0 radical (unpaired) electrons. The van der Waals surface area contributed by atoms with Crippen molar-refractivity contribution < 1.29 is 9.13 Å². The van der Waals surface area contributed by atoms with Crippen LogP contribution >= 0.6 is 0 Å². The van der Waals surface area contributed by atoms with E-state index in [1.54, 1.807) is 6.07 Å². The first kappa shape index (κ1) is 14.5. The van der Waals surface area contributed by atoms with Gasteiger partial charge in [0, 0.05) is 6.04 Å². The molecule has 1 unspecified atom stereocenters. The quantitative estimate of drug-likeness (QED) is 0.909. The lowest BCUT2D eigenvalue weighted by molar-refractivity contribution is 0.441. The Morgan fingerprint density at radius 3 is 2.45 bits per heavy atom. The molecule has 0 saturated carbocycles. The molecule has 0 bridgehead atoms. The van der Waals surface area contributed by atoms with Crippen LogP contribution < -0.4 is 10.5 Å². The normalized spacial score (nSPS) is 12.2. The first-order valence-corrected chi connectivity index (χ1v) is 6.75. The molecule has 0 saturated heterocycles. The van der Waals surface area contributed by atoms with Crippen molar-refractivity contribution in [3.8, 4) is 11.5 Å². The summed E-state index contributed by atoms with van der Waals surface area (Å²) in [5.41, 5.74) is 8.90. The summed E-state index contributed by atoms with van der Waals surface area (Å²) in [6.07, 6.45) is 0.654. The van der Waals surface area contributed by atoms with E-state index in [1.165, 1.54) is 11.6 Å². The topological polar surface area (TPSA) is 35.2 Å². The van der Waals surface area contributed by atoms with Crippen LogP contribution in [-0.4, -0.2) is 6.04 Å². The second-order valence-electron chi connectivity index (χ2n) is 5.29. The Morgan fingerprint density at radius 2 is 1.85 bits per heavy atom. The number of nitrogens with two attached hydrogens (primary N) is 1. The predicted molar refractivity (Wildman–Crippen MR) is 79.7 cm³/mol. The third-order valence-electron chi connectivity index (χ3n) is 3.26. The molecule has 3 heteroatoms. The largest absolute Gasteiger partial charge is 0.454 e. The molecule has 0 aromatic heterocycles. The average molecular weight is 273 g/mol. The summed E-state index contributed by atoms with van der Waals surface area (Å²) in [7, 11) is 0. The summed E-state index contributed by atoms with van der Waals surface area (Å²) in [5.74, 6) is 0.523. The van der Waals surface area contributed by atoms with E-state index in [-0.39, 0.29) is 17.6 Å². The monoisotopic (exact) mass is 273 g/mol. The van der Waals surface area contributed by atoms with Crippen LogP contribution in [0.25, 0.3) is 0 Å². The van der Waals surface area contributed by atoms with E-state index in [1.807, 2.05) is 45.0 Å². The van der Waals surface area contributed by atoms with Crippen LogP contribution in [-0.2, 0) is 6.42 Å². The number of rotatable bonds is 4. The summed E-state index contributed by atoms with van der Waals surface area (Å²) in [5, 5.41) is 0. The van der Waals surface area contributed by atoms with Gasteiger partial charge in [-0.1, -0.05) is 12.1 Å². The highest BCUT2D eigenvalue weighted by Gasteiger charge is 2.08. The lowest BCUT2D eigenvalue weighted by Gasteiger charge is -2.11. The Labute approximate surface area is 119 Å². The van der Waals surface area contributed by atoms with Gasteiger partial charge in [0.1, 0.15) is 5.75 Å². The molecule has 2 aromatic rings. The molecule has 0 fully saturated rings. The van der Waals surface area contributed by atoms with E-state index >= 15 is 0 Å². The van der Waals surface area contributed by atoms with E-state index in [4.69, 9.17) is 10.5 Å². The van der Waals surface area contributed by atoms with Gasteiger partial charge in [0.05, 0.1) is 0 Å². The number of hydrogen-bond donors (Lipinski definition) is 1. The van der Waals surface area contributed by atoms with E-state index in [0.29, 0.717) is 12.2 Å². The third-order valence-corrected chi connectivity index (χ3v) is 3.26. The highest BCUT2D eigenvalue weighted by atomic mass is 19.1. The van der Waals surface area contributed by atoms with E-state index in [9.17, 15) is 4.39 Å². The smallest absolute Gasteiger partial charge is 0.165 e. The highest BCUT2D eigenvalue weighted by Crippen LogP contribution is 2.26. The van der Waals surface area contributed by atoms with Crippen LogP contribution in [0.15, 0.2) is 36.4 Å². The molecular formula is C17H20FNO. The van der Waals surface area contributed by atoms with Gasteiger partial charge in [-0.3, -0.25) is 0 Å². The van der Waals surface area contributed by atoms with Gasteiger partial charge in [0.25, 0.3) is 0 Å². The van der Waals surface area contributed by atoms with Crippen molar-refractivity contribution in [2.45, 2.75) is 33.2 Å². The number of benzene rings is 2. The summed E-state index contributed by atoms with van der Waals surface area (Å²) >= 11 is 0. The molecule has 2 nitrogen and oxygen atoms in total. The van der Waals surface area contributed by atoms with Crippen LogP contribution in [0.2, 0.25) is 0 Å². The number of hydrogen-bond acceptors (Lipinski definition) is 2. The highest BCUT2D eigenvalue weighted by molar-refractivity contribution is 5.38. The molecule has 0 aliphatic heterocycles. The second kappa shape index (κ2) is 6.06. The Balaban J connectivity index is 2.19. The fourth-order valence-electron chi connectivity index (χ4n) is 2.03. The molecular weight excluding hydrogens is 253 g/mol. The number of aryl methyl sites for hydroxylation is 2. The van der Waals surface area contributed by atoms with Crippen molar-refractivity contribution in [1.29, 1.82) is 0 Å². The SMILES string of the molecule is Cc1ccc(Oc2ccc(CC(C)N)cc2F)cc1C. The average Bonchev–Trinajstić information content (AvgIpc) is 2.36. The van der Waals surface area contributed by atoms with E-state index in [0.717, 1.165) is 11.1 Å². The second-order valence-corrected chi connectivity index (χ2v) is 5.29. The van der Waals surface area contributed by atoms with Crippen LogP contribution in [0.4, 0.5) is 4.39 Å². The lowest BCUT2D eigenvalue weighted by Crippen LogP contribution is -2.17. The van der Waals surface area contributed by atoms with Gasteiger partial charge >= 0.3 is 0 Å². The zero-order chi connectivity index (χ0) is 14.7. The zero-order valence-corrected chi connectivity index (χ0v) is 12.1. The Kier molecular flexibility index (Phi) is 4.40. The minimum atomic E-state index is -0.360. The minimum absolute atomic E-state index is 0.0147. The fourth-order valence-corrected chi connectivity index (χ4v) is 2.03. The number of ether oxygens (including phenoxy) is 1. The standard InChI is InChI=1S/C17H20FNO/c1-11-4-6-15(8-12(11)2)20-17-7-5-14(9-13(3)19)10-16(17)18/h4-8,10,13H,9,19H2,1-3H3. The van der Waals surface area contributed by atoms with Gasteiger partial charge in [0.15, 0.2) is 11.6 Å². The lowest BCUT2D eigenvalue weighted by atomic mass is 10.1. The van der Waals surface area contributed by atoms with Crippen molar-refractivity contribution in [3.05, 3.63) is 58.9 Å². The third kappa shape index (κ3) is 3.58. The molecule has 0 aliphatic carbocycles.